The Balaban J connectivity index is 3.25. The van der Waals surface area contributed by atoms with Crippen molar-refractivity contribution >= 4 is 18.6 Å². The van der Waals surface area contributed by atoms with Crippen LogP contribution >= 0.6 is 0 Å². The number of carbonyl (C=O) groups excluding carboxylic acids is 2. The number of nitrogens with two attached hydrogens (primary N) is 1. The van der Waals surface area contributed by atoms with Gasteiger partial charge in [0.15, 0.2) is 12.6 Å². The monoisotopic (exact) mass is 189 g/mol. The van der Waals surface area contributed by atoms with Gasteiger partial charge in [-0.25, -0.2) is 0 Å². The molecule has 0 aliphatic heterocycles. The summed E-state index contributed by atoms with van der Waals surface area (Å²) in [6, 6.07) is 5.00. The van der Waals surface area contributed by atoms with Crippen LogP contribution in [0.3, 0.4) is 0 Å². The summed E-state index contributed by atoms with van der Waals surface area (Å²) in [5, 5.41) is 0. The first-order valence-corrected chi connectivity index (χ1v) is 4.23. The lowest BCUT2D eigenvalue weighted by Crippen LogP contribution is -1.96. The lowest BCUT2D eigenvalue weighted by atomic mass is 10.0. The molecule has 0 atom stereocenters. The molecule has 0 aromatic heterocycles. The van der Waals surface area contributed by atoms with E-state index in [4.69, 9.17) is 5.73 Å². The molecule has 14 heavy (non-hydrogen) atoms. The maximum atomic E-state index is 10.7. The molecule has 1 aromatic rings. The van der Waals surface area contributed by atoms with E-state index in [-0.39, 0.29) is 0 Å². The second-order valence-corrected chi connectivity index (χ2v) is 2.72. The maximum absolute atomic E-state index is 10.7. The SMILES string of the molecule is NCC=Cc1c(C=O)cccc1C=O. The Morgan fingerprint density at radius 1 is 1.14 bits per heavy atom. The molecule has 0 aliphatic carbocycles. The third kappa shape index (κ3) is 2.14. The zero-order chi connectivity index (χ0) is 10.4. The van der Waals surface area contributed by atoms with Gasteiger partial charge in [-0.2, -0.15) is 0 Å². The van der Waals surface area contributed by atoms with Crippen molar-refractivity contribution in [1.82, 2.24) is 0 Å². The van der Waals surface area contributed by atoms with E-state index in [9.17, 15) is 9.59 Å². The van der Waals surface area contributed by atoms with Crippen LogP contribution in [0.15, 0.2) is 24.3 Å². The average molecular weight is 189 g/mol. The number of benzene rings is 1. The predicted molar refractivity (Wildman–Crippen MR) is 55.3 cm³/mol. The average Bonchev–Trinajstić information content (AvgIpc) is 2.25. The van der Waals surface area contributed by atoms with Gasteiger partial charge in [-0.15, -0.1) is 0 Å². The van der Waals surface area contributed by atoms with Gasteiger partial charge < -0.3 is 5.73 Å². The van der Waals surface area contributed by atoms with Gasteiger partial charge in [-0.1, -0.05) is 30.4 Å². The molecule has 0 bridgehead atoms. The van der Waals surface area contributed by atoms with Crippen molar-refractivity contribution in [3.05, 3.63) is 41.0 Å². The van der Waals surface area contributed by atoms with E-state index >= 15 is 0 Å². The molecule has 0 fully saturated rings. The van der Waals surface area contributed by atoms with Crippen molar-refractivity contribution in [2.45, 2.75) is 0 Å². The molecule has 1 aromatic carbocycles. The van der Waals surface area contributed by atoms with Gasteiger partial charge in [-0.3, -0.25) is 9.59 Å². The summed E-state index contributed by atoms with van der Waals surface area (Å²) in [5.74, 6) is 0. The predicted octanol–water partition coefficient (Wildman–Crippen LogP) is 1.28. The molecule has 2 N–H and O–H groups in total. The summed E-state index contributed by atoms with van der Waals surface area (Å²) in [4.78, 5) is 21.4. The highest BCUT2D eigenvalue weighted by Crippen LogP contribution is 2.13. The Bertz CT molecular complexity index is 343. The van der Waals surface area contributed by atoms with Gasteiger partial charge in [0, 0.05) is 17.7 Å². The van der Waals surface area contributed by atoms with Crippen LogP contribution in [0.5, 0.6) is 0 Å². The molecule has 0 amide bonds. The highest BCUT2D eigenvalue weighted by molar-refractivity contribution is 5.90. The van der Waals surface area contributed by atoms with Gasteiger partial charge in [0.2, 0.25) is 0 Å². The highest BCUT2D eigenvalue weighted by atomic mass is 16.1. The van der Waals surface area contributed by atoms with E-state index in [1.165, 1.54) is 0 Å². The molecule has 3 heteroatoms. The third-order valence-electron chi connectivity index (χ3n) is 1.85. The van der Waals surface area contributed by atoms with Crippen molar-refractivity contribution in [2.75, 3.05) is 6.54 Å². The van der Waals surface area contributed by atoms with Crippen molar-refractivity contribution in [3.63, 3.8) is 0 Å². The molecular weight excluding hydrogens is 178 g/mol. The molecule has 0 spiro atoms. The summed E-state index contributed by atoms with van der Waals surface area (Å²) >= 11 is 0. The largest absolute Gasteiger partial charge is 0.327 e. The third-order valence-corrected chi connectivity index (χ3v) is 1.85. The van der Waals surface area contributed by atoms with E-state index in [1.807, 2.05) is 0 Å². The molecule has 3 nitrogen and oxygen atoms in total. The minimum Gasteiger partial charge on any atom is -0.327 e. The molecule has 1 rings (SSSR count). The van der Waals surface area contributed by atoms with Crippen molar-refractivity contribution in [1.29, 1.82) is 0 Å². The van der Waals surface area contributed by atoms with Crippen LogP contribution in [0.25, 0.3) is 6.08 Å². The zero-order valence-corrected chi connectivity index (χ0v) is 7.64. The first-order valence-electron chi connectivity index (χ1n) is 4.23. The number of rotatable bonds is 4. The van der Waals surface area contributed by atoms with Gasteiger partial charge >= 0.3 is 0 Å². The van der Waals surface area contributed by atoms with E-state index in [0.717, 1.165) is 12.6 Å². The molecule has 72 valence electrons. The standard InChI is InChI=1S/C11H11NO2/c12-6-2-5-11-9(7-13)3-1-4-10(11)8-14/h1-5,7-8H,6,12H2. The quantitative estimate of drug-likeness (QED) is 0.726. The summed E-state index contributed by atoms with van der Waals surface area (Å²) in [6.45, 7) is 0.380. The van der Waals surface area contributed by atoms with E-state index in [0.29, 0.717) is 23.2 Å². The van der Waals surface area contributed by atoms with Crippen LogP contribution < -0.4 is 5.73 Å². The minimum atomic E-state index is 0.380. The van der Waals surface area contributed by atoms with E-state index in [2.05, 4.69) is 0 Å². The Hall–Kier alpha value is -1.74. The Morgan fingerprint density at radius 3 is 2.14 bits per heavy atom. The molecule has 0 unspecified atom stereocenters. The smallest absolute Gasteiger partial charge is 0.150 e. The fourth-order valence-corrected chi connectivity index (χ4v) is 1.19. The molecule has 0 radical (unpaired) electrons. The minimum absolute atomic E-state index is 0.380. The fourth-order valence-electron chi connectivity index (χ4n) is 1.19. The molecule has 0 heterocycles. The highest BCUT2D eigenvalue weighted by Gasteiger charge is 2.02. The summed E-state index contributed by atoms with van der Waals surface area (Å²) in [5.41, 5.74) is 6.92. The van der Waals surface area contributed by atoms with Crippen molar-refractivity contribution in [2.24, 2.45) is 5.73 Å². The maximum Gasteiger partial charge on any atom is 0.150 e. The van der Waals surface area contributed by atoms with E-state index in [1.54, 1.807) is 30.4 Å². The van der Waals surface area contributed by atoms with Crippen LogP contribution in [0.1, 0.15) is 26.3 Å². The normalized spacial score (nSPS) is 10.4. The number of hydrogen-bond donors (Lipinski definition) is 1. The lowest BCUT2D eigenvalue weighted by Gasteiger charge is -2.01. The van der Waals surface area contributed by atoms with Gasteiger partial charge in [0.05, 0.1) is 0 Å². The number of carbonyl (C=O) groups is 2. The molecule has 0 aliphatic rings. The summed E-state index contributed by atoms with van der Waals surface area (Å²) in [6.07, 6.45) is 4.84. The van der Waals surface area contributed by atoms with Crippen LogP contribution in [0, 0.1) is 0 Å². The van der Waals surface area contributed by atoms with Crippen molar-refractivity contribution in [3.8, 4) is 0 Å². The van der Waals surface area contributed by atoms with Gasteiger partial charge in [0.25, 0.3) is 0 Å². The first kappa shape index (κ1) is 10.3. The Morgan fingerprint density at radius 2 is 1.71 bits per heavy atom. The van der Waals surface area contributed by atoms with E-state index < -0.39 is 0 Å². The fraction of sp³-hybridized carbons (Fsp3) is 0.0909. The number of aldehydes is 2. The zero-order valence-electron chi connectivity index (χ0n) is 7.64. The van der Waals surface area contributed by atoms with Gasteiger partial charge in [-0.05, 0) is 5.56 Å². The first-order chi connectivity index (χ1) is 6.83. The second-order valence-electron chi connectivity index (χ2n) is 2.72. The molecule has 0 saturated carbocycles. The van der Waals surface area contributed by atoms with Crippen LogP contribution in [0.2, 0.25) is 0 Å². The Kier molecular flexibility index (Phi) is 3.76. The second kappa shape index (κ2) is 5.09. The number of hydrogen-bond acceptors (Lipinski definition) is 3. The van der Waals surface area contributed by atoms with Crippen LogP contribution in [-0.4, -0.2) is 19.1 Å². The summed E-state index contributed by atoms with van der Waals surface area (Å²) in [7, 11) is 0. The van der Waals surface area contributed by atoms with Gasteiger partial charge in [0.1, 0.15) is 0 Å². The van der Waals surface area contributed by atoms with Crippen molar-refractivity contribution < 1.29 is 9.59 Å². The lowest BCUT2D eigenvalue weighted by molar-refractivity contribution is 0.112. The summed E-state index contributed by atoms with van der Waals surface area (Å²) < 4.78 is 0. The van der Waals surface area contributed by atoms with Crippen LogP contribution in [0.4, 0.5) is 0 Å². The molecule has 0 saturated heterocycles. The Labute approximate surface area is 82.2 Å². The topological polar surface area (TPSA) is 60.2 Å². The molecular formula is C11H11NO2. The van der Waals surface area contributed by atoms with Crippen LogP contribution in [-0.2, 0) is 0 Å².